The quantitative estimate of drug-likeness (QED) is 0.722. The summed E-state index contributed by atoms with van der Waals surface area (Å²) in [6.07, 6.45) is 3.79. The topological polar surface area (TPSA) is 39.4 Å². The smallest absolute Gasteiger partial charge is 0.172 e. The van der Waals surface area contributed by atoms with Gasteiger partial charge in [0.25, 0.3) is 0 Å². The average molecular weight is 222 g/mol. The molecule has 1 fully saturated rings. The van der Waals surface area contributed by atoms with E-state index in [4.69, 9.17) is 9.15 Å². The Balaban J connectivity index is 2.25. The normalized spacial score (nSPS) is 26.9. The minimum atomic E-state index is -0.405. The fourth-order valence-corrected chi connectivity index (χ4v) is 2.58. The van der Waals surface area contributed by atoms with Gasteiger partial charge >= 0.3 is 0 Å². The molecule has 0 amide bonds. The Morgan fingerprint density at radius 2 is 2.06 bits per heavy atom. The van der Waals surface area contributed by atoms with Crippen molar-refractivity contribution in [2.24, 2.45) is 5.92 Å². The molecule has 2 heterocycles. The molecule has 0 radical (unpaired) electrons. The van der Waals surface area contributed by atoms with Crippen LogP contribution in [0.2, 0.25) is 0 Å². The lowest BCUT2D eigenvalue weighted by molar-refractivity contribution is -0.0712. The van der Waals surface area contributed by atoms with Crippen LogP contribution in [0.25, 0.3) is 0 Å². The van der Waals surface area contributed by atoms with Crippen molar-refractivity contribution in [1.82, 2.24) is 0 Å². The Kier molecular flexibility index (Phi) is 2.46. The number of rotatable bonds is 2. The maximum atomic E-state index is 12.3. The van der Waals surface area contributed by atoms with Crippen LogP contribution in [0.3, 0.4) is 0 Å². The highest BCUT2D eigenvalue weighted by Gasteiger charge is 2.49. The van der Waals surface area contributed by atoms with Crippen LogP contribution in [0, 0.1) is 5.92 Å². The predicted octanol–water partition coefficient (Wildman–Crippen LogP) is 3.06. The largest absolute Gasteiger partial charge is 0.472 e. The van der Waals surface area contributed by atoms with E-state index in [1.54, 1.807) is 6.07 Å². The van der Waals surface area contributed by atoms with Crippen molar-refractivity contribution >= 4 is 5.78 Å². The summed E-state index contributed by atoms with van der Waals surface area (Å²) in [7, 11) is 0. The molecular formula is C13H18O3. The Morgan fingerprint density at radius 3 is 2.50 bits per heavy atom. The van der Waals surface area contributed by atoms with Crippen LogP contribution in [0.5, 0.6) is 0 Å². The molecule has 3 nitrogen and oxygen atoms in total. The van der Waals surface area contributed by atoms with Gasteiger partial charge in [0.1, 0.15) is 6.26 Å². The summed E-state index contributed by atoms with van der Waals surface area (Å²) in [5.41, 5.74) is 0.00479. The zero-order valence-electron chi connectivity index (χ0n) is 10.2. The molecule has 2 rings (SSSR count). The summed E-state index contributed by atoms with van der Waals surface area (Å²) in [4.78, 5) is 12.3. The van der Waals surface area contributed by atoms with Crippen LogP contribution in [-0.4, -0.2) is 17.0 Å². The van der Waals surface area contributed by atoms with Gasteiger partial charge in [0, 0.05) is 0 Å². The summed E-state index contributed by atoms with van der Waals surface area (Å²) < 4.78 is 10.9. The third-order valence-electron chi connectivity index (χ3n) is 3.20. The van der Waals surface area contributed by atoms with Crippen LogP contribution in [0.15, 0.2) is 23.0 Å². The highest BCUT2D eigenvalue weighted by Crippen LogP contribution is 2.43. The zero-order chi connectivity index (χ0) is 12.0. The molecular weight excluding hydrogens is 204 g/mol. The highest BCUT2D eigenvalue weighted by molar-refractivity contribution is 5.98. The average Bonchev–Trinajstić information content (AvgIpc) is 2.69. The van der Waals surface area contributed by atoms with Crippen molar-refractivity contribution in [2.45, 2.75) is 45.3 Å². The molecule has 3 heteroatoms. The number of carbonyl (C=O) groups is 1. The molecule has 1 aliphatic heterocycles. The molecule has 1 aromatic rings. The van der Waals surface area contributed by atoms with Gasteiger partial charge in [-0.3, -0.25) is 4.79 Å². The van der Waals surface area contributed by atoms with Crippen molar-refractivity contribution in [3.05, 3.63) is 24.2 Å². The first-order valence-electron chi connectivity index (χ1n) is 5.58. The number of hydrogen-bond donors (Lipinski definition) is 0. The third kappa shape index (κ3) is 1.92. The molecule has 1 aromatic heterocycles. The van der Waals surface area contributed by atoms with Crippen molar-refractivity contribution < 1.29 is 13.9 Å². The zero-order valence-corrected chi connectivity index (χ0v) is 10.2. The van der Waals surface area contributed by atoms with Crippen molar-refractivity contribution in [3.8, 4) is 0 Å². The van der Waals surface area contributed by atoms with Crippen LogP contribution in [0.4, 0.5) is 0 Å². The third-order valence-corrected chi connectivity index (χ3v) is 3.20. The van der Waals surface area contributed by atoms with Crippen LogP contribution in [0.1, 0.15) is 44.5 Å². The predicted molar refractivity (Wildman–Crippen MR) is 60.4 cm³/mol. The molecule has 0 saturated carbocycles. The van der Waals surface area contributed by atoms with E-state index in [-0.39, 0.29) is 17.3 Å². The van der Waals surface area contributed by atoms with E-state index in [9.17, 15) is 4.79 Å². The maximum Gasteiger partial charge on any atom is 0.172 e. The minimum absolute atomic E-state index is 0.0971. The SMILES string of the molecule is CC1(C)CC(C(=O)c2ccoc2)C(C)(C)O1. The fourth-order valence-electron chi connectivity index (χ4n) is 2.58. The summed E-state index contributed by atoms with van der Waals surface area (Å²) in [5.74, 6) is 0.0180. The minimum Gasteiger partial charge on any atom is -0.472 e. The number of carbonyl (C=O) groups excluding carboxylic acids is 1. The van der Waals surface area contributed by atoms with Crippen LogP contribution in [-0.2, 0) is 4.74 Å². The summed E-state index contributed by atoms with van der Waals surface area (Å²) in [6.45, 7) is 8.00. The Labute approximate surface area is 95.8 Å². The van der Waals surface area contributed by atoms with Gasteiger partial charge in [0.2, 0.25) is 0 Å². The number of ether oxygens (including phenoxy) is 1. The monoisotopic (exact) mass is 222 g/mol. The second-order valence-corrected chi connectivity index (χ2v) is 5.60. The van der Waals surface area contributed by atoms with Crippen LogP contribution < -0.4 is 0 Å². The second-order valence-electron chi connectivity index (χ2n) is 5.60. The fraction of sp³-hybridized carbons (Fsp3) is 0.615. The molecule has 16 heavy (non-hydrogen) atoms. The van der Waals surface area contributed by atoms with E-state index < -0.39 is 5.60 Å². The first-order chi connectivity index (χ1) is 7.32. The van der Waals surface area contributed by atoms with Gasteiger partial charge in [-0.05, 0) is 40.2 Å². The molecule has 1 atom stereocenters. The standard InChI is InChI=1S/C13H18O3/c1-12(2)7-10(13(3,4)16-12)11(14)9-5-6-15-8-9/h5-6,8,10H,7H2,1-4H3. The summed E-state index contributed by atoms with van der Waals surface area (Å²) in [5, 5.41) is 0. The molecule has 88 valence electrons. The molecule has 0 aliphatic carbocycles. The Hall–Kier alpha value is -1.09. The van der Waals surface area contributed by atoms with E-state index in [2.05, 4.69) is 0 Å². The van der Waals surface area contributed by atoms with E-state index in [0.29, 0.717) is 5.56 Å². The maximum absolute atomic E-state index is 12.3. The number of hydrogen-bond acceptors (Lipinski definition) is 3. The molecule has 0 aromatic carbocycles. The van der Waals surface area contributed by atoms with Gasteiger partial charge in [0.15, 0.2) is 5.78 Å². The van der Waals surface area contributed by atoms with E-state index in [0.717, 1.165) is 6.42 Å². The van der Waals surface area contributed by atoms with Gasteiger partial charge in [-0.25, -0.2) is 0 Å². The van der Waals surface area contributed by atoms with Gasteiger partial charge in [-0.2, -0.15) is 0 Å². The highest BCUT2D eigenvalue weighted by atomic mass is 16.5. The molecule has 0 spiro atoms. The van der Waals surface area contributed by atoms with Crippen molar-refractivity contribution in [1.29, 1.82) is 0 Å². The Morgan fingerprint density at radius 1 is 1.38 bits per heavy atom. The van der Waals surface area contributed by atoms with Gasteiger partial charge in [-0.15, -0.1) is 0 Å². The van der Waals surface area contributed by atoms with Gasteiger partial charge in [0.05, 0.1) is 28.9 Å². The number of Topliss-reactive ketones (excluding diaryl/α,β-unsaturated/α-hetero) is 1. The lowest BCUT2D eigenvalue weighted by Gasteiger charge is -2.26. The van der Waals surface area contributed by atoms with E-state index >= 15 is 0 Å². The first kappa shape index (κ1) is 11.4. The lowest BCUT2D eigenvalue weighted by atomic mass is 9.82. The molecule has 0 bridgehead atoms. The molecule has 1 aliphatic rings. The molecule has 1 saturated heterocycles. The summed E-state index contributed by atoms with van der Waals surface area (Å²) >= 11 is 0. The Bertz CT molecular complexity index is 387. The number of furan rings is 1. The van der Waals surface area contributed by atoms with Crippen molar-refractivity contribution in [2.75, 3.05) is 0 Å². The second kappa shape index (κ2) is 3.45. The molecule has 0 N–H and O–H groups in total. The lowest BCUT2D eigenvalue weighted by Crippen LogP contribution is -2.33. The first-order valence-corrected chi connectivity index (χ1v) is 5.58. The van der Waals surface area contributed by atoms with Gasteiger partial charge < -0.3 is 9.15 Å². The van der Waals surface area contributed by atoms with Crippen molar-refractivity contribution in [3.63, 3.8) is 0 Å². The van der Waals surface area contributed by atoms with E-state index in [1.165, 1.54) is 12.5 Å². The van der Waals surface area contributed by atoms with Gasteiger partial charge in [-0.1, -0.05) is 0 Å². The summed E-state index contributed by atoms with van der Waals surface area (Å²) in [6, 6.07) is 1.71. The number of ketones is 1. The van der Waals surface area contributed by atoms with E-state index in [1.807, 2.05) is 27.7 Å². The molecule has 1 unspecified atom stereocenters. The van der Waals surface area contributed by atoms with Crippen LogP contribution >= 0.6 is 0 Å².